The number of amides is 1. The molecule has 1 aromatic rings. The van der Waals surface area contributed by atoms with Crippen molar-refractivity contribution >= 4 is 28.5 Å². The molecule has 0 atom stereocenters. The van der Waals surface area contributed by atoms with Crippen molar-refractivity contribution in [3.63, 3.8) is 0 Å². The molecule has 0 bridgehead atoms. The van der Waals surface area contributed by atoms with Crippen LogP contribution in [0, 0.1) is 3.57 Å². The second kappa shape index (κ2) is 4.38. The Labute approximate surface area is 103 Å². The molecule has 1 aromatic carbocycles. The molecule has 3 nitrogen and oxygen atoms in total. The first-order valence-electron chi connectivity index (χ1n) is 4.86. The van der Waals surface area contributed by atoms with Crippen LogP contribution < -0.4 is 4.74 Å². The second-order valence-electron chi connectivity index (χ2n) is 3.46. The third kappa shape index (κ3) is 1.95. The fraction of sp³-hybridized carbons (Fsp3) is 0.364. The van der Waals surface area contributed by atoms with Gasteiger partial charge in [0.1, 0.15) is 5.75 Å². The number of carbonyl (C=O) groups excluding carboxylic acids is 1. The van der Waals surface area contributed by atoms with Gasteiger partial charge in [-0.05, 0) is 41.1 Å². The highest BCUT2D eigenvalue weighted by molar-refractivity contribution is 14.1. The van der Waals surface area contributed by atoms with Gasteiger partial charge in [-0.15, -0.1) is 0 Å². The van der Waals surface area contributed by atoms with Crippen LogP contribution in [0.25, 0.3) is 0 Å². The smallest absolute Gasteiger partial charge is 0.258 e. The highest BCUT2D eigenvalue weighted by Crippen LogP contribution is 2.26. The van der Waals surface area contributed by atoms with Gasteiger partial charge >= 0.3 is 0 Å². The summed E-state index contributed by atoms with van der Waals surface area (Å²) in [5, 5.41) is 0. The number of carbonyl (C=O) groups is 1. The molecule has 0 aromatic heterocycles. The highest BCUT2D eigenvalue weighted by atomic mass is 127. The van der Waals surface area contributed by atoms with E-state index in [1.54, 1.807) is 7.11 Å². The predicted molar refractivity (Wildman–Crippen MR) is 66.2 cm³/mol. The maximum absolute atomic E-state index is 12.1. The van der Waals surface area contributed by atoms with E-state index in [4.69, 9.17) is 4.74 Å². The summed E-state index contributed by atoms with van der Waals surface area (Å²) in [4.78, 5) is 13.9. The Balaban J connectivity index is 2.36. The molecule has 1 aliphatic heterocycles. The van der Waals surface area contributed by atoms with E-state index in [9.17, 15) is 4.79 Å². The van der Waals surface area contributed by atoms with E-state index < -0.39 is 0 Å². The van der Waals surface area contributed by atoms with Gasteiger partial charge < -0.3 is 9.64 Å². The highest BCUT2D eigenvalue weighted by Gasteiger charge is 2.25. The summed E-state index contributed by atoms with van der Waals surface area (Å²) in [6.07, 6.45) is 1.11. The minimum atomic E-state index is 0.0862. The van der Waals surface area contributed by atoms with Crippen LogP contribution in [0.15, 0.2) is 18.2 Å². The summed E-state index contributed by atoms with van der Waals surface area (Å²) < 4.78 is 6.16. The number of benzene rings is 1. The van der Waals surface area contributed by atoms with E-state index in [2.05, 4.69) is 22.6 Å². The zero-order chi connectivity index (χ0) is 10.8. The topological polar surface area (TPSA) is 29.5 Å². The standard InChI is InChI=1S/C11H12INO2/c1-15-9-5-2-4-8(12)10(9)11(14)13-6-3-7-13/h2,4-5H,3,6-7H2,1H3. The van der Waals surface area contributed by atoms with Crippen molar-refractivity contribution in [2.24, 2.45) is 0 Å². The first-order valence-corrected chi connectivity index (χ1v) is 5.93. The molecule has 4 heteroatoms. The SMILES string of the molecule is COc1cccc(I)c1C(=O)N1CCC1. The number of hydrogen-bond donors (Lipinski definition) is 0. The lowest BCUT2D eigenvalue weighted by molar-refractivity contribution is 0.0647. The Bertz CT molecular complexity index is 388. The molecule has 2 rings (SSSR count). The zero-order valence-corrected chi connectivity index (χ0v) is 10.7. The number of halogens is 1. The molecule has 1 amide bonds. The third-order valence-corrected chi connectivity index (χ3v) is 3.45. The first kappa shape index (κ1) is 10.7. The van der Waals surface area contributed by atoms with Crippen molar-refractivity contribution in [3.8, 4) is 5.75 Å². The van der Waals surface area contributed by atoms with Crippen LogP contribution in [-0.2, 0) is 0 Å². The second-order valence-corrected chi connectivity index (χ2v) is 4.63. The lowest BCUT2D eigenvalue weighted by Crippen LogP contribution is -2.42. The van der Waals surface area contributed by atoms with Gasteiger partial charge in [-0.25, -0.2) is 0 Å². The molecule has 0 unspecified atom stereocenters. The molecule has 0 aliphatic carbocycles. The van der Waals surface area contributed by atoms with Crippen LogP contribution in [-0.4, -0.2) is 31.0 Å². The summed E-state index contributed by atoms with van der Waals surface area (Å²) in [6, 6.07) is 5.65. The van der Waals surface area contributed by atoms with Gasteiger partial charge in [0, 0.05) is 16.7 Å². The lowest BCUT2D eigenvalue weighted by atomic mass is 10.1. The Hall–Kier alpha value is -0.780. The lowest BCUT2D eigenvalue weighted by Gasteiger charge is -2.31. The van der Waals surface area contributed by atoms with Gasteiger partial charge in [0.15, 0.2) is 0 Å². The van der Waals surface area contributed by atoms with Gasteiger partial charge in [0.25, 0.3) is 5.91 Å². The van der Waals surface area contributed by atoms with Crippen LogP contribution in [0.5, 0.6) is 5.75 Å². The van der Waals surface area contributed by atoms with Crippen molar-refractivity contribution in [1.29, 1.82) is 0 Å². The Kier molecular flexibility index (Phi) is 3.14. The Morgan fingerprint density at radius 2 is 2.20 bits per heavy atom. The van der Waals surface area contributed by atoms with E-state index in [-0.39, 0.29) is 5.91 Å². The van der Waals surface area contributed by atoms with E-state index in [1.807, 2.05) is 23.1 Å². The van der Waals surface area contributed by atoms with Gasteiger partial charge in [0.2, 0.25) is 0 Å². The van der Waals surface area contributed by atoms with E-state index in [0.29, 0.717) is 11.3 Å². The molecule has 1 fully saturated rings. The van der Waals surface area contributed by atoms with Gasteiger partial charge in [-0.1, -0.05) is 6.07 Å². The van der Waals surface area contributed by atoms with Crippen molar-refractivity contribution in [2.45, 2.75) is 6.42 Å². The maximum Gasteiger partial charge on any atom is 0.258 e. The summed E-state index contributed by atoms with van der Waals surface area (Å²) in [5.74, 6) is 0.752. The molecule has 1 saturated heterocycles. The molecule has 0 saturated carbocycles. The first-order chi connectivity index (χ1) is 7.24. The minimum Gasteiger partial charge on any atom is -0.496 e. The number of hydrogen-bond acceptors (Lipinski definition) is 2. The van der Waals surface area contributed by atoms with E-state index in [0.717, 1.165) is 23.1 Å². The van der Waals surface area contributed by atoms with Crippen LogP contribution in [0.2, 0.25) is 0 Å². The molecular weight excluding hydrogens is 305 g/mol. The summed E-state index contributed by atoms with van der Waals surface area (Å²) in [5.41, 5.74) is 0.695. The molecule has 80 valence electrons. The average molecular weight is 317 g/mol. The monoisotopic (exact) mass is 317 g/mol. The molecule has 15 heavy (non-hydrogen) atoms. The van der Waals surface area contributed by atoms with E-state index >= 15 is 0 Å². The maximum atomic E-state index is 12.1. The molecule has 0 radical (unpaired) electrons. The summed E-state index contributed by atoms with van der Waals surface area (Å²) in [7, 11) is 1.60. The van der Waals surface area contributed by atoms with Gasteiger partial charge in [-0.2, -0.15) is 0 Å². The molecule has 0 N–H and O–H groups in total. The van der Waals surface area contributed by atoms with E-state index in [1.165, 1.54) is 0 Å². The normalized spacial score (nSPS) is 14.7. The molecular formula is C11H12INO2. The molecule has 0 spiro atoms. The van der Waals surface area contributed by atoms with Crippen molar-refractivity contribution < 1.29 is 9.53 Å². The van der Waals surface area contributed by atoms with Crippen molar-refractivity contribution in [3.05, 3.63) is 27.3 Å². The number of methoxy groups -OCH3 is 1. The van der Waals surface area contributed by atoms with Crippen LogP contribution >= 0.6 is 22.6 Å². The van der Waals surface area contributed by atoms with Gasteiger partial charge in [-0.3, -0.25) is 4.79 Å². The summed E-state index contributed by atoms with van der Waals surface area (Å²) >= 11 is 2.17. The predicted octanol–water partition coefficient (Wildman–Crippen LogP) is 2.15. The van der Waals surface area contributed by atoms with Crippen LogP contribution in [0.3, 0.4) is 0 Å². The fourth-order valence-corrected chi connectivity index (χ4v) is 2.26. The zero-order valence-electron chi connectivity index (χ0n) is 8.50. The number of rotatable bonds is 2. The van der Waals surface area contributed by atoms with Crippen molar-refractivity contribution in [2.75, 3.05) is 20.2 Å². The number of likely N-dealkylation sites (tertiary alicyclic amines) is 1. The fourth-order valence-electron chi connectivity index (χ4n) is 1.56. The van der Waals surface area contributed by atoms with Crippen molar-refractivity contribution in [1.82, 2.24) is 4.90 Å². The average Bonchev–Trinajstić information content (AvgIpc) is 2.14. The Morgan fingerprint density at radius 1 is 1.47 bits per heavy atom. The van der Waals surface area contributed by atoms with Crippen LogP contribution in [0.4, 0.5) is 0 Å². The minimum absolute atomic E-state index is 0.0862. The Morgan fingerprint density at radius 3 is 2.73 bits per heavy atom. The number of nitrogens with zero attached hydrogens (tertiary/aromatic N) is 1. The quantitative estimate of drug-likeness (QED) is 0.782. The summed E-state index contributed by atoms with van der Waals surface area (Å²) in [6.45, 7) is 1.74. The number of ether oxygens (including phenoxy) is 1. The molecule has 1 aliphatic rings. The van der Waals surface area contributed by atoms with Crippen LogP contribution in [0.1, 0.15) is 16.8 Å². The third-order valence-electron chi connectivity index (χ3n) is 2.55. The molecule has 1 heterocycles. The van der Waals surface area contributed by atoms with Gasteiger partial charge in [0.05, 0.1) is 12.7 Å². The largest absolute Gasteiger partial charge is 0.496 e.